The number of anilines is 1. The molecule has 0 aliphatic carbocycles. The van der Waals surface area contributed by atoms with Crippen LogP contribution >= 0.6 is 23.2 Å². The molecule has 0 spiro atoms. The third-order valence-corrected chi connectivity index (χ3v) is 3.18. The Morgan fingerprint density at radius 3 is 2.57 bits per heavy atom. The van der Waals surface area contributed by atoms with Crippen molar-refractivity contribution >= 4 is 40.8 Å². The van der Waals surface area contributed by atoms with E-state index < -0.39 is 18.4 Å². The Bertz CT molecular complexity index is 691. The van der Waals surface area contributed by atoms with Gasteiger partial charge in [0.25, 0.3) is 5.91 Å². The van der Waals surface area contributed by atoms with Gasteiger partial charge in [-0.3, -0.25) is 14.5 Å². The van der Waals surface area contributed by atoms with Crippen LogP contribution in [0.5, 0.6) is 0 Å². The predicted molar refractivity (Wildman–Crippen MR) is 80.0 cm³/mol. The van der Waals surface area contributed by atoms with Gasteiger partial charge in [0.1, 0.15) is 11.7 Å². The molecule has 2 rings (SSSR count). The monoisotopic (exact) mass is 324 g/mol. The van der Waals surface area contributed by atoms with Crippen LogP contribution in [0.25, 0.3) is 0 Å². The number of aliphatic carboxylic acids is 1. The van der Waals surface area contributed by atoms with Crippen LogP contribution in [-0.2, 0) is 4.79 Å². The minimum Gasteiger partial charge on any atom is -0.480 e. The van der Waals surface area contributed by atoms with Crippen molar-refractivity contribution in [3.63, 3.8) is 0 Å². The number of rotatable bonds is 4. The maximum atomic E-state index is 12.5. The first-order valence-electron chi connectivity index (χ1n) is 5.89. The van der Waals surface area contributed by atoms with E-state index in [9.17, 15) is 9.59 Å². The molecule has 0 saturated carbocycles. The van der Waals surface area contributed by atoms with Crippen LogP contribution in [0.15, 0.2) is 42.6 Å². The van der Waals surface area contributed by atoms with E-state index in [1.807, 2.05) is 0 Å². The minimum atomic E-state index is -1.15. The maximum absolute atomic E-state index is 12.5. The normalized spacial score (nSPS) is 10.2. The smallest absolute Gasteiger partial charge is 0.323 e. The van der Waals surface area contributed by atoms with Crippen molar-refractivity contribution < 1.29 is 14.7 Å². The van der Waals surface area contributed by atoms with Crippen molar-refractivity contribution in [3.05, 3.63) is 58.3 Å². The molecular weight excluding hydrogens is 315 g/mol. The Morgan fingerprint density at radius 2 is 1.95 bits per heavy atom. The summed E-state index contributed by atoms with van der Waals surface area (Å²) in [6.45, 7) is -0.510. The molecular formula is C14H10Cl2N2O3. The van der Waals surface area contributed by atoms with Gasteiger partial charge in [-0.25, -0.2) is 4.98 Å². The summed E-state index contributed by atoms with van der Waals surface area (Å²) in [4.78, 5) is 28.4. The predicted octanol–water partition coefficient (Wildman–Crippen LogP) is 3.12. The van der Waals surface area contributed by atoms with Crippen LogP contribution in [0.1, 0.15) is 10.4 Å². The molecule has 0 bridgehead atoms. The number of carboxylic acid groups (broad SMARTS) is 1. The van der Waals surface area contributed by atoms with Gasteiger partial charge < -0.3 is 5.11 Å². The summed E-state index contributed by atoms with van der Waals surface area (Å²) >= 11 is 11.8. The third kappa shape index (κ3) is 3.71. The number of hydrogen-bond donors (Lipinski definition) is 1. The summed E-state index contributed by atoms with van der Waals surface area (Å²) in [6.07, 6.45) is 1.44. The first kappa shape index (κ1) is 15.3. The van der Waals surface area contributed by atoms with Crippen molar-refractivity contribution in [1.29, 1.82) is 0 Å². The molecule has 21 heavy (non-hydrogen) atoms. The second-order valence-electron chi connectivity index (χ2n) is 4.11. The van der Waals surface area contributed by atoms with E-state index in [-0.39, 0.29) is 10.7 Å². The lowest BCUT2D eigenvalue weighted by molar-refractivity contribution is -0.135. The first-order valence-corrected chi connectivity index (χ1v) is 6.64. The number of carbonyl (C=O) groups excluding carboxylic acids is 1. The Morgan fingerprint density at radius 1 is 1.19 bits per heavy atom. The number of nitrogens with zero attached hydrogens (tertiary/aromatic N) is 2. The molecule has 0 radical (unpaired) electrons. The van der Waals surface area contributed by atoms with Gasteiger partial charge >= 0.3 is 5.97 Å². The number of carboxylic acids is 1. The van der Waals surface area contributed by atoms with Gasteiger partial charge in [0.15, 0.2) is 0 Å². The minimum absolute atomic E-state index is 0.0138. The van der Waals surface area contributed by atoms with Crippen LogP contribution in [0.4, 0.5) is 5.69 Å². The standard InChI is InChI=1S/C14H10Cl2N2O3/c15-9-3-1-4-10(7-9)18(8-12(19)20)14(21)11-5-2-6-17-13(11)16/h1-7H,8H2,(H,19,20). The number of amides is 1. The van der Waals surface area contributed by atoms with Gasteiger partial charge in [-0.1, -0.05) is 29.3 Å². The molecule has 0 atom stereocenters. The molecule has 7 heteroatoms. The highest BCUT2D eigenvalue weighted by molar-refractivity contribution is 6.33. The van der Waals surface area contributed by atoms with E-state index in [1.165, 1.54) is 18.3 Å². The fourth-order valence-electron chi connectivity index (χ4n) is 1.75. The highest BCUT2D eigenvalue weighted by atomic mass is 35.5. The van der Waals surface area contributed by atoms with E-state index in [0.717, 1.165) is 4.90 Å². The van der Waals surface area contributed by atoms with Crippen LogP contribution in [0, 0.1) is 0 Å². The topological polar surface area (TPSA) is 70.5 Å². The molecule has 0 aliphatic heterocycles. The number of aromatic nitrogens is 1. The number of hydrogen-bond acceptors (Lipinski definition) is 3. The molecule has 1 aromatic carbocycles. The zero-order valence-corrected chi connectivity index (χ0v) is 12.2. The fraction of sp³-hybridized carbons (Fsp3) is 0.0714. The van der Waals surface area contributed by atoms with E-state index in [0.29, 0.717) is 10.7 Å². The lowest BCUT2D eigenvalue weighted by Gasteiger charge is -2.21. The van der Waals surface area contributed by atoms with Gasteiger partial charge in [0.05, 0.1) is 5.56 Å². The number of pyridine rings is 1. The number of benzene rings is 1. The van der Waals surface area contributed by atoms with Gasteiger partial charge in [-0.2, -0.15) is 0 Å². The number of carbonyl (C=O) groups is 2. The summed E-state index contributed by atoms with van der Waals surface area (Å²) in [7, 11) is 0. The van der Waals surface area contributed by atoms with E-state index in [4.69, 9.17) is 28.3 Å². The molecule has 0 fully saturated rings. The lowest BCUT2D eigenvalue weighted by Crippen LogP contribution is -2.36. The highest BCUT2D eigenvalue weighted by Gasteiger charge is 2.22. The Hall–Kier alpha value is -2.11. The Labute approximate surface area is 130 Å². The summed E-state index contributed by atoms with van der Waals surface area (Å²) in [5.41, 5.74) is 0.496. The molecule has 5 nitrogen and oxygen atoms in total. The van der Waals surface area contributed by atoms with Gasteiger partial charge in [0.2, 0.25) is 0 Å². The molecule has 1 N–H and O–H groups in total. The maximum Gasteiger partial charge on any atom is 0.323 e. The van der Waals surface area contributed by atoms with Crippen LogP contribution in [-0.4, -0.2) is 28.5 Å². The number of halogens is 2. The van der Waals surface area contributed by atoms with Gasteiger partial charge in [-0.15, -0.1) is 0 Å². The van der Waals surface area contributed by atoms with E-state index in [2.05, 4.69) is 4.98 Å². The molecule has 0 saturated heterocycles. The SMILES string of the molecule is O=C(O)CN(C(=O)c1cccnc1Cl)c1cccc(Cl)c1. The molecule has 1 heterocycles. The van der Waals surface area contributed by atoms with Gasteiger partial charge in [0, 0.05) is 16.9 Å². The summed E-state index contributed by atoms with van der Waals surface area (Å²) in [6, 6.07) is 9.40. The second-order valence-corrected chi connectivity index (χ2v) is 4.90. The largest absolute Gasteiger partial charge is 0.480 e. The van der Waals surface area contributed by atoms with E-state index in [1.54, 1.807) is 24.3 Å². The van der Waals surface area contributed by atoms with Crippen LogP contribution < -0.4 is 4.90 Å². The highest BCUT2D eigenvalue weighted by Crippen LogP contribution is 2.23. The zero-order valence-electron chi connectivity index (χ0n) is 10.7. The third-order valence-electron chi connectivity index (χ3n) is 2.65. The van der Waals surface area contributed by atoms with E-state index >= 15 is 0 Å². The van der Waals surface area contributed by atoms with Crippen molar-refractivity contribution in [2.24, 2.45) is 0 Å². The second kappa shape index (κ2) is 6.56. The van der Waals surface area contributed by atoms with Crippen molar-refractivity contribution in [2.75, 3.05) is 11.4 Å². The molecule has 2 aromatic rings. The average molecular weight is 325 g/mol. The molecule has 0 unspecified atom stereocenters. The molecule has 108 valence electrons. The summed E-state index contributed by atoms with van der Waals surface area (Å²) in [5, 5.41) is 9.41. The Kier molecular flexibility index (Phi) is 4.77. The summed E-state index contributed by atoms with van der Waals surface area (Å²) < 4.78 is 0. The van der Waals surface area contributed by atoms with Crippen molar-refractivity contribution in [2.45, 2.75) is 0 Å². The molecule has 1 aromatic heterocycles. The lowest BCUT2D eigenvalue weighted by atomic mass is 10.2. The Balaban J connectivity index is 2.43. The fourth-order valence-corrected chi connectivity index (χ4v) is 2.14. The van der Waals surface area contributed by atoms with Gasteiger partial charge in [-0.05, 0) is 30.3 Å². The molecule has 0 aliphatic rings. The molecule has 1 amide bonds. The van der Waals surface area contributed by atoms with Crippen LogP contribution in [0.2, 0.25) is 10.2 Å². The van der Waals surface area contributed by atoms with Crippen LogP contribution in [0.3, 0.4) is 0 Å². The first-order chi connectivity index (χ1) is 9.99. The quantitative estimate of drug-likeness (QED) is 0.877. The zero-order chi connectivity index (χ0) is 15.4. The van der Waals surface area contributed by atoms with Crippen molar-refractivity contribution in [3.8, 4) is 0 Å². The average Bonchev–Trinajstić information content (AvgIpc) is 2.44. The summed E-state index contributed by atoms with van der Waals surface area (Å²) in [5.74, 6) is -1.71. The van der Waals surface area contributed by atoms with Crippen molar-refractivity contribution in [1.82, 2.24) is 4.98 Å².